The van der Waals surface area contributed by atoms with Gasteiger partial charge in [-0.1, -0.05) is 39.7 Å². The molecule has 4 rings (SSSR count). The van der Waals surface area contributed by atoms with E-state index in [1.165, 1.54) is 24.5 Å². The number of rotatable bonds is 11. The van der Waals surface area contributed by atoms with Crippen LogP contribution >= 0.6 is 27.5 Å². The Balaban J connectivity index is 1.40. The second-order valence-electron chi connectivity index (χ2n) is 8.44. The van der Waals surface area contributed by atoms with Crippen LogP contribution in [-0.2, 0) is 16.2 Å². The number of aromatic nitrogens is 2. The quantitative estimate of drug-likeness (QED) is 0.0909. The summed E-state index contributed by atoms with van der Waals surface area (Å²) in [5.41, 5.74) is 2.49. The molecular formula is C28H24BrClFN5O4. The number of halogens is 3. The Hall–Kier alpha value is -4.22. The summed E-state index contributed by atoms with van der Waals surface area (Å²) in [7, 11) is 0. The van der Waals surface area contributed by atoms with Crippen molar-refractivity contribution in [1.29, 1.82) is 0 Å². The van der Waals surface area contributed by atoms with E-state index in [1.54, 1.807) is 48.5 Å². The third kappa shape index (κ3) is 7.90. The van der Waals surface area contributed by atoms with Gasteiger partial charge in [0.2, 0.25) is 5.91 Å². The van der Waals surface area contributed by atoms with Crippen LogP contribution in [0, 0.1) is 5.82 Å². The van der Waals surface area contributed by atoms with Gasteiger partial charge in [-0.05, 0) is 60.2 Å². The fourth-order valence-corrected chi connectivity index (χ4v) is 4.17. The molecule has 1 aromatic heterocycles. The van der Waals surface area contributed by atoms with E-state index in [0.29, 0.717) is 49.8 Å². The Bertz CT molecular complexity index is 1570. The summed E-state index contributed by atoms with van der Waals surface area (Å²) in [5.74, 6) is -0.798. The molecule has 4 aromatic rings. The average molecular weight is 629 g/mol. The molecule has 9 nitrogen and oxygen atoms in total. The molecule has 12 heteroatoms. The predicted octanol–water partition coefficient (Wildman–Crippen LogP) is 6.03. The van der Waals surface area contributed by atoms with E-state index >= 15 is 0 Å². The number of ether oxygens (including phenoxy) is 1. The molecule has 3 aromatic carbocycles. The first kappa shape index (κ1) is 28.8. The molecule has 0 aliphatic carbocycles. The Morgan fingerprint density at radius 1 is 1.07 bits per heavy atom. The maximum Gasteiger partial charge on any atom is 0.285 e. The highest BCUT2D eigenvalue weighted by molar-refractivity contribution is 9.09. The maximum atomic E-state index is 13.4. The van der Waals surface area contributed by atoms with Gasteiger partial charge in [-0.2, -0.15) is 0 Å². The van der Waals surface area contributed by atoms with Gasteiger partial charge < -0.3 is 25.8 Å². The van der Waals surface area contributed by atoms with E-state index in [1.807, 2.05) is 0 Å². The number of allylic oxidation sites excluding steroid dienone is 1. The summed E-state index contributed by atoms with van der Waals surface area (Å²) in [4.78, 5) is 32.7. The van der Waals surface area contributed by atoms with Crippen LogP contribution in [-0.4, -0.2) is 38.8 Å². The number of amides is 2. The van der Waals surface area contributed by atoms with Crippen molar-refractivity contribution in [2.45, 2.75) is 13.0 Å². The van der Waals surface area contributed by atoms with Gasteiger partial charge in [0.15, 0.2) is 5.76 Å². The number of aliphatic hydroxyl groups excluding tert-OH is 1. The van der Waals surface area contributed by atoms with Crippen LogP contribution in [0.3, 0.4) is 0 Å². The molecule has 0 aliphatic rings. The first-order valence-electron chi connectivity index (χ1n) is 12.0. The normalized spacial score (nSPS) is 11.2. The SMILES string of the molecule is O=C(CCNC(=O)C(O)=CCBr)Nc1ccc2ncnc(Nc3ccc(OCc4cccc(F)c4)c(Cl)c3)c2c1. The van der Waals surface area contributed by atoms with Gasteiger partial charge in [0.1, 0.15) is 30.3 Å². The molecular weight excluding hydrogens is 605 g/mol. The molecule has 4 N–H and O–H groups in total. The van der Waals surface area contributed by atoms with Gasteiger partial charge in [0.05, 0.1) is 10.5 Å². The van der Waals surface area contributed by atoms with E-state index in [2.05, 4.69) is 41.8 Å². The molecule has 1 heterocycles. The summed E-state index contributed by atoms with van der Waals surface area (Å²) in [6, 6.07) is 16.5. The van der Waals surface area contributed by atoms with Gasteiger partial charge in [0.25, 0.3) is 5.91 Å². The number of carbonyl (C=O) groups is 2. The topological polar surface area (TPSA) is 125 Å². The first-order chi connectivity index (χ1) is 19.3. The number of alkyl halides is 1. The van der Waals surface area contributed by atoms with Crippen molar-refractivity contribution < 1.29 is 23.8 Å². The number of hydrogen-bond acceptors (Lipinski definition) is 7. The molecule has 40 heavy (non-hydrogen) atoms. The Labute approximate surface area is 242 Å². The number of fused-ring (bicyclic) bond motifs is 1. The molecule has 0 saturated heterocycles. The van der Waals surface area contributed by atoms with Crippen molar-refractivity contribution in [3.63, 3.8) is 0 Å². The highest BCUT2D eigenvalue weighted by atomic mass is 79.9. The largest absolute Gasteiger partial charge is 0.503 e. The number of nitrogens with zero attached hydrogens (tertiary/aromatic N) is 2. The fraction of sp³-hybridized carbons (Fsp3) is 0.143. The van der Waals surface area contributed by atoms with Crippen molar-refractivity contribution in [1.82, 2.24) is 15.3 Å². The summed E-state index contributed by atoms with van der Waals surface area (Å²) in [6.45, 7) is 0.218. The molecule has 0 unspecified atom stereocenters. The van der Waals surface area contributed by atoms with Crippen LogP contribution in [0.5, 0.6) is 5.75 Å². The molecule has 0 aliphatic heterocycles. The number of benzene rings is 3. The van der Waals surface area contributed by atoms with Gasteiger partial charge in [-0.3, -0.25) is 9.59 Å². The summed E-state index contributed by atoms with van der Waals surface area (Å²) in [5, 5.41) is 19.3. The first-order valence-corrected chi connectivity index (χ1v) is 13.5. The van der Waals surface area contributed by atoms with E-state index < -0.39 is 11.7 Å². The minimum absolute atomic E-state index is 0.00784. The second-order valence-corrected chi connectivity index (χ2v) is 9.50. The van der Waals surface area contributed by atoms with Crippen molar-refractivity contribution in [2.75, 3.05) is 22.5 Å². The Morgan fingerprint density at radius 2 is 1.90 bits per heavy atom. The van der Waals surface area contributed by atoms with Gasteiger partial charge in [-0.25, -0.2) is 14.4 Å². The van der Waals surface area contributed by atoms with Crippen molar-refractivity contribution in [3.8, 4) is 5.75 Å². The molecule has 0 fully saturated rings. The zero-order valence-electron chi connectivity index (χ0n) is 21.0. The van der Waals surface area contributed by atoms with E-state index in [0.717, 1.165) is 0 Å². The number of nitrogens with one attached hydrogen (secondary N) is 3. The zero-order chi connectivity index (χ0) is 28.5. The lowest BCUT2D eigenvalue weighted by molar-refractivity contribution is -0.120. The van der Waals surface area contributed by atoms with E-state index in [-0.39, 0.29) is 31.3 Å². The molecule has 0 bridgehead atoms. The third-order valence-electron chi connectivity index (χ3n) is 5.54. The predicted molar refractivity (Wildman–Crippen MR) is 156 cm³/mol. The van der Waals surface area contributed by atoms with Crippen molar-refractivity contribution in [3.05, 3.63) is 95.2 Å². The molecule has 0 saturated carbocycles. The summed E-state index contributed by atoms with van der Waals surface area (Å²) in [6.07, 6.45) is 2.74. The van der Waals surface area contributed by atoms with Crippen LogP contribution < -0.4 is 20.7 Å². The molecule has 0 spiro atoms. The molecule has 0 radical (unpaired) electrons. The highest BCUT2D eigenvalue weighted by Gasteiger charge is 2.11. The molecule has 0 atom stereocenters. The number of anilines is 3. The number of carbonyl (C=O) groups excluding carboxylic acids is 2. The van der Waals surface area contributed by atoms with Crippen LogP contribution in [0.4, 0.5) is 21.6 Å². The lowest BCUT2D eigenvalue weighted by Crippen LogP contribution is -2.28. The average Bonchev–Trinajstić information content (AvgIpc) is 2.93. The minimum Gasteiger partial charge on any atom is -0.503 e. The third-order valence-corrected chi connectivity index (χ3v) is 6.16. The standard InChI is InChI=1S/C28H24BrClFN5O4/c29-10-8-24(37)28(39)32-11-9-26(38)35-19-4-6-23-21(13-19)27(34-16-33-23)36-20-5-7-25(22(30)14-20)40-15-17-2-1-3-18(31)12-17/h1-8,12-14,16,37H,9-11,15H2,(H,32,39)(H,35,38)(H,33,34,36). The lowest BCUT2D eigenvalue weighted by atomic mass is 10.2. The van der Waals surface area contributed by atoms with Crippen LogP contribution in [0.25, 0.3) is 10.9 Å². The number of hydrogen-bond donors (Lipinski definition) is 4. The lowest BCUT2D eigenvalue weighted by Gasteiger charge is -2.13. The van der Waals surface area contributed by atoms with Crippen LogP contribution in [0.1, 0.15) is 12.0 Å². The zero-order valence-corrected chi connectivity index (χ0v) is 23.3. The Kier molecular flexibility index (Phi) is 9.87. The number of aliphatic hydroxyl groups is 1. The van der Waals surface area contributed by atoms with Gasteiger partial charge >= 0.3 is 0 Å². The van der Waals surface area contributed by atoms with E-state index in [9.17, 15) is 19.1 Å². The van der Waals surface area contributed by atoms with Crippen LogP contribution in [0.15, 0.2) is 78.8 Å². The van der Waals surface area contributed by atoms with Crippen LogP contribution in [0.2, 0.25) is 5.02 Å². The van der Waals surface area contributed by atoms with Gasteiger partial charge in [-0.15, -0.1) is 0 Å². The van der Waals surface area contributed by atoms with E-state index in [4.69, 9.17) is 16.3 Å². The summed E-state index contributed by atoms with van der Waals surface area (Å²) >= 11 is 9.52. The fourth-order valence-electron chi connectivity index (χ4n) is 3.62. The van der Waals surface area contributed by atoms with Crippen molar-refractivity contribution >= 4 is 67.4 Å². The smallest absolute Gasteiger partial charge is 0.285 e. The maximum absolute atomic E-state index is 13.4. The Morgan fingerprint density at radius 3 is 2.67 bits per heavy atom. The van der Waals surface area contributed by atoms with Gasteiger partial charge in [0, 0.05) is 35.1 Å². The monoisotopic (exact) mass is 627 g/mol. The summed E-state index contributed by atoms with van der Waals surface area (Å²) < 4.78 is 19.1. The highest BCUT2D eigenvalue weighted by Crippen LogP contribution is 2.31. The minimum atomic E-state index is -0.655. The molecule has 206 valence electrons. The van der Waals surface area contributed by atoms with Crippen molar-refractivity contribution in [2.24, 2.45) is 0 Å². The molecule has 2 amide bonds. The second kappa shape index (κ2) is 13.7.